The predicted octanol–water partition coefficient (Wildman–Crippen LogP) is 2.03. The SMILES string of the molecule is Cc1cc(S(=O)(=O)N2C[C@@H](C)O[C@@H](C)C2)cc(N)c1Cl. The fourth-order valence-corrected chi connectivity index (χ4v) is 4.21. The van der Waals surface area contributed by atoms with Crippen LogP contribution in [0.4, 0.5) is 5.69 Å². The number of benzene rings is 1. The first-order chi connectivity index (χ1) is 9.21. The van der Waals surface area contributed by atoms with Crippen molar-refractivity contribution in [1.82, 2.24) is 4.31 Å². The van der Waals surface area contributed by atoms with E-state index < -0.39 is 10.0 Å². The molecule has 0 spiro atoms. The molecule has 7 heteroatoms. The van der Waals surface area contributed by atoms with Gasteiger partial charge < -0.3 is 10.5 Å². The Morgan fingerprint density at radius 1 is 1.30 bits per heavy atom. The second-order valence-corrected chi connectivity index (χ2v) is 7.54. The van der Waals surface area contributed by atoms with Crippen LogP contribution in [-0.4, -0.2) is 38.0 Å². The van der Waals surface area contributed by atoms with Crippen molar-refractivity contribution in [2.24, 2.45) is 0 Å². The highest BCUT2D eigenvalue weighted by Gasteiger charge is 2.32. The molecule has 1 aromatic carbocycles. The molecule has 1 aliphatic rings. The maximum absolute atomic E-state index is 12.7. The fourth-order valence-electron chi connectivity index (χ4n) is 2.39. The van der Waals surface area contributed by atoms with E-state index in [4.69, 9.17) is 22.1 Å². The van der Waals surface area contributed by atoms with Crippen LogP contribution in [0.1, 0.15) is 19.4 Å². The van der Waals surface area contributed by atoms with E-state index in [2.05, 4.69) is 0 Å². The van der Waals surface area contributed by atoms with E-state index in [1.807, 2.05) is 13.8 Å². The summed E-state index contributed by atoms with van der Waals surface area (Å²) in [5.41, 5.74) is 6.69. The summed E-state index contributed by atoms with van der Waals surface area (Å²) in [5.74, 6) is 0. The third-order valence-electron chi connectivity index (χ3n) is 3.28. The Balaban J connectivity index is 2.40. The molecule has 0 amide bonds. The zero-order valence-electron chi connectivity index (χ0n) is 11.8. The molecule has 1 saturated heterocycles. The van der Waals surface area contributed by atoms with E-state index >= 15 is 0 Å². The minimum absolute atomic E-state index is 0.126. The molecule has 1 heterocycles. The number of morpholine rings is 1. The summed E-state index contributed by atoms with van der Waals surface area (Å²) in [6.45, 7) is 6.14. The Morgan fingerprint density at radius 2 is 1.85 bits per heavy atom. The summed E-state index contributed by atoms with van der Waals surface area (Å²) in [4.78, 5) is 0.179. The quantitative estimate of drug-likeness (QED) is 0.847. The molecule has 1 fully saturated rings. The number of ether oxygens (including phenoxy) is 1. The highest BCUT2D eigenvalue weighted by molar-refractivity contribution is 7.89. The Morgan fingerprint density at radius 3 is 2.35 bits per heavy atom. The van der Waals surface area contributed by atoms with Crippen LogP contribution in [0, 0.1) is 6.92 Å². The van der Waals surface area contributed by atoms with Crippen molar-refractivity contribution in [2.75, 3.05) is 18.8 Å². The number of anilines is 1. The van der Waals surface area contributed by atoms with Crippen LogP contribution in [0.15, 0.2) is 17.0 Å². The number of hydrogen-bond donors (Lipinski definition) is 1. The number of nitrogen functional groups attached to an aromatic ring is 1. The van der Waals surface area contributed by atoms with E-state index in [-0.39, 0.29) is 22.8 Å². The van der Waals surface area contributed by atoms with Gasteiger partial charge in [-0.2, -0.15) is 4.31 Å². The van der Waals surface area contributed by atoms with Gasteiger partial charge >= 0.3 is 0 Å². The highest BCUT2D eigenvalue weighted by atomic mass is 35.5. The monoisotopic (exact) mass is 318 g/mol. The molecule has 0 radical (unpaired) electrons. The smallest absolute Gasteiger partial charge is 0.243 e. The van der Waals surface area contributed by atoms with Gasteiger partial charge in [-0.15, -0.1) is 0 Å². The van der Waals surface area contributed by atoms with Crippen molar-refractivity contribution >= 4 is 27.3 Å². The lowest BCUT2D eigenvalue weighted by Crippen LogP contribution is -2.48. The molecule has 0 unspecified atom stereocenters. The third kappa shape index (κ3) is 2.93. The van der Waals surface area contributed by atoms with Gasteiger partial charge in [-0.25, -0.2) is 8.42 Å². The van der Waals surface area contributed by atoms with E-state index in [0.717, 1.165) is 0 Å². The van der Waals surface area contributed by atoms with Crippen molar-refractivity contribution < 1.29 is 13.2 Å². The summed E-state index contributed by atoms with van der Waals surface area (Å²) in [5, 5.41) is 0.396. The Kier molecular flexibility index (Phi) is 4.30. The number of rotatable bonds is 2. The number of nitrogens with zero attached hydrogens (tertiary/aromatic N) is 1. The van der Waals surface area contributed by atoms with Crippen LogP contribution >= 0.6 is 11.6 Å². The number of nitrogens with two attached hydrogens (primary N) is 1. The molecule has 2 N–H and O–H groups in total. The highest BCUT2D eigenvalue weighted by Crippen LogP contribution is 2.29. The topological polar surface area (TPSA) is 72.6 Å². The van der Waals surface area contributed by atoms with Gasteiger partial charge in [0.15, 0.2) is 0 Å². The molecule has 0 aliphatic carbocycles. The van der Waals surface area contributed by atoms with Crippen molar-refractivity contribution in [3.8, 4) is 0 Å². The fraction of sp³-hybridized carbons (Fsp3) is 0.538. The normalized spacial score (nSPS) is 24.8. The third-order valence-corrected chi connectivity index (χ3v) is 5.61. The Bertz CT molecular complexity index is 585. The number of aryl methyl sites for hydroxylation is 1. The van der Waals surface area contributed by atoms with Gasteiger partial charge in [0.25, 0.3) is 0 Å². The van der Waals surface area contributed by atoms with Crippen molar-refractivity contribution in [1.29, 1.82) is 0 Å². The van der Waals surface area contributed by atoms with Crippen LogP contribution in [0.3, 0.4) is 0 Å². The van der Waals surface area contributed by atoms with Crippen molar-refractivity contribution in [3.63, 3.8) is 0 Å². The van der Waals surface area contributed by atoms with Crippen LogP contribution in [0.5, 0.6) is 0 Å². The average molecular weight is 319 g/mol. The average Bonchev–Trinajstić information content (AvgIpc) is 2.34. The largest absolute Gasteiger partial charge is 0.397 e. The summed E-state index contributed by atoms with van der Waals surface area (Å²) in [7, 11) is -3.57. The maximum Gasteiger partial charge on any atom is 0.243 e. The second kappa shape index (κ2) is 5.52. The molecule has 2 atom stereocenters. The first-order valence-corrected chi connectivity index (χ1v) is 8.25. The maximum atomic E-state index is 12.7. The predicted molar refractivity (Wildman–Crippen MR) is 79.4 cm³/mol. The minimum atomic E-state index is -3.57. The van der Waals surface area contributed by atoms with E-state index in [0.29, 0.717) is 23.7 Å². The Hall–Kier alpha value is -0.820. The molecule has 112 valence electrons. The van der Waals surface area contributed by atoms with Gasteiger partial charge in [0.05, 0.1) is 27.8 Å². The molecule has 0 saturated carbocycles. The summed E-state index contributed by atoms with van der Waals surface area (Å²) < 4.78 is 32.3. The van der Waals surface area contributed by atoms with Crippen LogP contribution < -0.4 is 5.73 Å². The molecule has 1 aromatic rings. The second-order valence-electron chi connectivity index (χ2n) is 5.22. The lowest BCUT2D eigenvalue weighted by atomic mass is 10.2. The molecule has 0 bridgehead atoms. The van der Waals surface area contributed by atoms with E-state index in [9.17, 15) is 8.42 Å². The molecule has 20 heavy (non-hydrogen) atoms. The van der Waals surface area contributed by atoms with E-state index in [1.54, 1.807) is 13.0 Å². The van der Waals surface area contributed by atoms with Gasteiger partial charge in [0.1, 0.15) is 0 Å². The van der Waals surface area contributed by atoms with Gasteiger partial charge in [0.2, 0.25) is 10.0 Å². The standard InChI is InChI=1S/C13H19ClN2O3S/c1-8-4-11(5-12(15)13(8)14)20(17,18)16-6-9(2)19-10(3)7-16/h4-5,9-10H,6-7,15H2,1-3H3/t9-,10+. The van der Waals surface area contributed by atoms with Crippen molar-refractivity contribution in [3.05, 3.63) is 22.7 Å². The van der Waals surface area contributed by atoms with Crippen LogP contribution in [0.2, 0.25) is 5.02 Å². The summed E-state index contributed by atoms with van der Waals surface area (Å²) >= 11 is 5.98. The molecule has 2 rings (SSSR count). The van der Waals surface area contributed by atoms with Gasteiger partial charge in [0, 0.05) is 13.1 Å². The summed E-state index contributed by atoms with van der Waals surface area (Å²) in [6.07, 6.45) is -0.251. The van der Waals surface area contributed by atoms with Gasteiger partial charge in [-0.3, -0.25) is 0 Å². The molecular formula is C13H19ClN2O3S. The molecule has 1 aliphatic heterocycles. The summed E-state index contributed by atoms with van der Waals surface area (Å²) in [6, 6.07) is 2.97. The van der Waals surface area contributed by atoms with Crippen LogP contribution in [-0.2, 0) is 14.8 Å². The number of sulfonamides is 1. The first-order valence-electron chi connectivity index (χ1n) is 6.43. The van der Waals surface area contributed by atoms with Gasteiger partial charge in [-0.05, 0) is 38.5 Å². The number of hydrogen-bond acceptors (Lipinski definition) is 4. The molecular weight excluding hydrogens is 300 g/mol. The first kappa shape index (κ1) is 15.6. The number of halogens is 1. The zero-order chi connectivity index (χ0) is 15.1. The Labute approximate surface area is 124 Å². The van der Waals surface area contributed by atoms with Crippen molar-refractivity contribution in [2.45, 2.75) is 37.9 Å². The van der Waals surface area contributed by atoms with Crippen LogP contribution in [0.25, 0.3) is 0 Å². The lowest BCUT2D eigenvalue weighted by Gasteiger charge is -2.34. The molecule has 5 nitrogen and oxygen atoms in total. The zero-order valence-corrected chi connectivity index (χ0v) is 13.3. The lowest BCUT2D eigenvalue weighted by molar-refractivity contribution is -0.0440. The minimum Gasteiger partial charge on any atom is -0.397 e. The molecule has 0 aromatic heterocycles. The van der Waals surface area contributed by atoms with E-state index in [1.165, 1.54) is 10.4 Å². The van der Waals surface area contributed by atoms with Gasteiger partial charge in [-0.1, -0.05) is 11.6 Å².